The number of rotatable bonds is 11. The van der Waals surface area contributed by atoms with Gasteiger partial charge in [0.2, 0.25) is 11.6 Å². The minimum atomic E-state index is -1.40. The van der Waals surface area contributed by atoms with Crippen LogP contribution in [0.5, 0.6) is 0 Å². The first-order valence-electron chi connectivity index (χ1n) is 16.0. The number of azo groups is 1. The number of anilines is 2. The van der Waals surface area contributed by atoms with Crippen LogP contribution in [0, 0.1) is 0 Å². The van der Waals surface area contributed by atoms with E-state index in [1.807, 2.05) is 0 Å². The maximum absolute atomic E-state index is 12.8. The average molecular weight is 742 g/mol. The highest BCUT2D eigenvalue weighted by Gasteiger charge is 2.26. The van der Waals surface area contributed by atoms with Crippen LogP contribution in [-0.4, -0.2) is 74.2 Å². The first kappa shape index (κ1) is 36.7. The fourth-order valence-electron chi connectivity index (χ4n) is 4.78. The average Bonchev–Trinajstić information content (AvgIpc) is 3.50. The maximum Gasteiger partial charge on any atom is 0.339 e. The van der Waals surface area contributed by atoms with Gasteiger partial charge in [0, 0.05) is 29.1 Å². The van der Waals surface area contributed by atoms with Gasteiger partial charge in [-0.3, -0.25) is 29.4 Å². The number of benzene rings is 2. The Morgan fingerprint density at radius 1 is 0.782 bits per heavy atom. The Morgan fingerprint density at radius 3 is 2.20 bits per heavy atom. The lowest BCUT2D eigenvalue weighted by Crippen LogP contribution is -2.44. The van der Waals surface area contributed by atoms with Crippen LogP contribution < -0.4 is 27.0 Å². The van der Waals surface area contributed by atoms with Crippen LogP contribution in [-0.2, 0) is 24.0 Å². The van der Waals surface area contributed by atoms with Crippen molar-refractivity contribution in [2.24, 2.45) is 30.6 Å². The fraction of sp³-hybridized carbons (Fsp3) is 0.0556. The number of allylic oxidation sites excluding steroid dienone is 8. The molecule has 1 heterocycles. The molecule has 55 heavy (non-hydrogen) atoms. The molecule has 2 aromatic rings. The Kier molecular flexibility index (Phi) is 10.7. The van der Waals surface area contributed by atoms with Crippen molar-refractivity contribution < 1.29 is 39.0 Å². The minimum Gasteiger partial charge on any atom is -0.505 e. The van der Waals surface area contributed by atoms with Gasteiger partial charge < -0.3 is 21.0 Å². The summed E-state index contributed by atoms with van der Waals surface area (Å²) >= 11 is 0. The second-order valence-electron chi connectivity index (χ2n) is 11.6. The number of ketones is 3. The highest BCUT2D eigenvalue weighted by Crippen LogP contribution is 2.20. The molecule has 3 aliphatic carbocycles. The monoisotopic (exact) mass is 741 g/mol. The van der Waals surface area contributed by atoms with Gasteiger partial charge in [-0.25, -0.2) is 15.6 Å². The number of nitrogens with one attached hydrogen (secondary N) is 5. The molecule has 0 saturated heterocycles. The number of carboxylic acid groups (broad SMARTS) is 1. The first-order chi connectivity index (χ1) is 26.4. The topological polar surface area (TPSA) is 277 Å². The molecule has 0 radical (unpaired) electrons. The third kappa shape index (κ3) is 9.06. The predicted molar refractivity (Wildman–Crippen MR) is 198 cm³/mol. The highest BCUT2D eigenvalue weighted by atomic mass is 16.4. The maximum atomic E-state index is 12.8. The normalized spacial score (nSPS) is 20.3. The molecule has 6 rings (SSSR count). The van der Waals surface area contributed by atoms with Crippen LogP contribution in [0.4, 0.5) is 17.1 Å². The Hall–Kier alpha value is -8.06. The van der Waals surface area contributed by atoms with Crippen LogP contribution in [0.25, 0.3) is 0 Å². The Balaban J connectivity index is 1.07. The van der Waals surface area contributed by atoms with Crippen LogP contribution in [0.3, 0.4) is 0 Å². The molecule has 1 aliphatic heterocycles. The number of hydrogen-bond acceptors (Lipinski definition) is 16. The third-order valence-corrected chi connectivity index (χ3v) is 7.72. The van der Waals surface area contributed by atoms with Crippen molar-refractivity contribution in [2.45, 2.75) is 13.0 Å². The number of carboxylic acids is 1. The minimum absolute atomic E-state index is 0.141. The summed E-state index contributed by atoms with van der Waals surface area (Å²) in [5.74, 6) is -4.47. The van der Waals surface area contributed by atoms with E-state index in [4.69, 9.17) is 5.11 Å². The molecular weight excluding hydrogens is 714 g/mol. The fourth-order valence-corrected chi connectivity index (χ4v) is 4.78. The molecule has 2 amide bonds. The van der Waals surface area contributed by atoms with Crippen molar-refractivity contribution in [3.05, 3.63) is 125 Å². The molecule has 0 bridgehead atoms. The van der Waals surface area contributed by atoms with Crippen molar-refractivity contribution in [1.29, 1.82) is 0 Å². The van der Waals surface area contributed by atoms with Crippen molar-refractivity contribution in [1.82, 2.24) is 16.3 Å². The summed E-state index contributed by atoms with van der Waals surface area (Å²) in [6.45, 7) is 1.72. The van der Waals surface area contributed by atoms with Gasteiger partial charge in [0.1, 0.15) is 34.5 Å². The van der Waals surface area contributed by atoms with Gasteiger partial charge in [-0.05, 0) is 91.9 Å². The van der Waals surface area contributed by atoms with Gasteiger partial charge in [0.25, 0.3) is 11.8 Å². The molecule has 0 aromatic heterocycles. The molecule has 4 aliphatic rings. The highest BCUT2D eigenvalue weighted by molar-refractivity contribution is 6.49. The van der Waals surface area contributed by atoms with Crippen LogP contribution in [0.2, 0.25) is 0 Å². The summed E-state index contributed by atoms with van der Waals surface area (Å²) in [4.78, 5) is 72.5. The van der Waals surface area contributed by atoms with E-state index in [2.05, 4.69) is 57.7 Å². The Labute approximate surface area is 309 Å². The van der Waals surface area contributed by atoms with Gasteiger partial charge >= 0.3 is 5.97 Å². The van der Waals surface area contributed by atoms with E-state index in [0.717, 1.165) is 24.3 Å². The number of carbonyl (C=O) groups is 6. The number of aliphatic hydroxyl groups excluding tert-OH is 1. The zero-order chi connectivity index (χ0) is 39.1. The largest absolute Gasteiger partial charge is 0.505 e. The number of amides is 2. The standard InChI is InChI=1S/C36H27N11O8/c1-18-33(35(53)47-38-18)46-40-22-8-6-20(7-9-22)37-34(52)19-2-4-21(5-3-19)39-43-27-16-28(32(51)17-31(27)50)45-44-26-15-24(11-13-30(26)49)42-41-23-10-12-29(48)25(14-23)36(54)55/h2-17,33,40,42,46,51H,1H3,(H,37,52)(H,47,53)(H,54,55)/b41-23+,43-39?,44-26-,45-28-. The van der Waals surface area contributed by atoms with Crippen molar-refractivity contribution in [3.8, 4) is 0 Å². The zero-order valence-electron chi connectivity index (χ0n) is 28.3. The van der Waals surface area contributed by atoms with E-state index in [-0.39, 0.29) is 34.4 Å². The first-order valence-corrected chi connectivity index (χ1v) is 16.0. The van der Waals surface area contributed by atoms with Crippen molar-refractivity contribution in [2.75, 3.05) is 10.7 Å². The number of aliphatic carboxylic acids is 1. The predicted octanol–water partition coefficient (Wildman–Crippen LogP) is 2.64. The summed E-state index contributed by atoms with van der Waals surface area (Å²) in [6, 6.07) is 12.2. The lowest BCUT2D eigenvalue weighted by atomic mass is 10.0. The summed E-state index contributed by atoms with van der Waals surface area (Å²) in [6.07, 6.45) is 9.33. The third-order valence-electron chi connectivity index (χ3n) is 7.72. The Bertz CT molecular complexity index is 2380. The van der Waals surface area contributed by atoms with Crippen LogP contribution in [0.1, 0.15) is 17.3 Å². The summed E-state index contributed by atoms with van der Waals surface area (Å²) in [7, 11) is 0. The number of hydrazine groups is 1. The van der Waals surface area contributed by atoms with Crippen molar-refractivity contribution >= 4 is 75.0 Å². The Morgan fingerprint density at radius 2 is 1.49 bits per heavy atom. The van der Waals surface area contributed by atoms with Gasteiger partial charge in [0.05, 0.1) is 22.8 Å². The lowest BCUT2D eigenvalue weighted by Gasteiger charge is -2.13. The summed E-state index contributed by atoms with van der Waals surface area (Å²) in [5, 5.41) is 45.9. The quantitative estimate of drug-likeness (QED) is 0.0578. The van der Waals surface area contributed by atoms with E-state index < -0.39 is 46.6 Å². The molecule has 0 fully saturated rings. The summed E-state index contributed by atoms with van der Waals surface area (Å²) in [5.41, 5.74) is 12.6. The number of hydrazone groups is 2. The molecule has 0 spiro atoms. The molecule has 19 nitrogen and oxygen atoms in total. The molecule has 0 saturated carbocycles. The number of carbonyl (C=O) groups excluding carboxylic acids is 5. The van der Waals surface area contributed by atoms with Gasteiger partial charge in [0.15, 0.2) is 5.78 Å². The second-order valence-corrected chi connectivity index (χ2v) is 11.6. The molecular formula is C36H27N11O8. The SMILES string of the molecule is CC1=NNC(=O)C1NNc1ccc(NC(=O)c2ccc(N=NC3=C/C(=N/N=C4/C=C(N/N=C5\C=CC(=O)C(C(=O)O)=C5)C=CC4=O)C(O)=CC3=O)cc2)cc1. The lowest BCUT2D eigenvalue weighted by molar-refractivity contribution is -0.134. The van der Waals surface area contributed by atoms with E-state index in [1.54, 1.807) is 31.2 Å². The van der Waals surface area contributed by atoms with E-state index in [1.165, 1.54) is 48.6 Å². The smallest absolute Gasteiger partial charge is 0.339 e. The van der Waals surface area contributed by atoms with Crippen LogP contribution >= 0.6 is 0 Å². The number of nitrogens with zero attached hydrogens (tertiary/aromatic N) is 6. The van der Waals surface area contributed by atoms with E-state index in [9.17, 15) is 33.9 Å². The number of hydrogen-bond donors (Lipinski definition) is 7. The molecule has 1 unspecified atom stereocenters. The van der Waals surface area contributed by atoms with E-state index >= 15 is 0 Å². The molecule has 19 heteroatoms. The second kappa shape index (κ2) is 16.1. The molecule has 7 N–H and O–H groups in total. The van der Waals surface area contributed by atoms with Crippen LogP contribution in [0.15, 0.2) is 150 Å². The van der Waals surface area contributed by atoms with Gasteiger partial charge in [-0.2, -0.15) is 15.3 Å². The molecule has 2 aromatic carbocycles. The molecule has 274 valence electrons. The summed E-state index contributed by atoms with van der Waals surface area (Å²) < 4.78 is 0. The van der Waals surface area contributed by atoms with Gasteiger partial charge in [-0.1, -0.05) is 0 Å². The number of aliphatic hydroxyl groups is 1. The van der Waals surface area contributed by atoms with Gasteiger partial charge in [-0.15, -0.1) is 15.3 Å². The zero-order valence-corrected chi connectivity index (χ0v) is 28.3. The van der Waals surface area contributed by atoms with E-state index in [0.29, 0.717) is 28.3 Å². The van der Waals surface area contributed by atoms with Crippen molar-refractivity contribution in [3.63, 3.8) is 0 Å². The molecule has 1 atom stereocenters.